The van der Waals surface area contributed by atoms with Crippen LogP contribution in [0.15, 0.2) is 48.5 Å². The van der Waals surface area contributed by atoms with Gasteiger partial charge >= 0.3 is 0 Å². The summed E-state index contributed by atoms with van der Waals surface area (Å²) in [6.45, 7) is 5.82. The van der Waals surface area contributed by atoms with Gasteiger partial charge in [-0.25, -0.2) is 4.39 Å². The topological polar surface area (TPSA) is 41.6 Å². The van der Waals surface area contributed by atoms with Gasteiger partial charge in [0.15, 0.2) is 0 Å². The highest BCUT2D eigenvalue weighted by atomic mass is 19.1. The van der Waals surface area contributed by atoms with Crippen molar-refractivity contribution < 1.29 is 13.9 Å². The Morgan fingerprint density at radius 2 is 1.93 bits per heavy atom. The summed E-state index contributed by atoms with van der Waals surface area (Å²) >= 11 is 0. The number of likely N-dealkylation sites (tertiary alicyclic amines) is 1. The third-order valence-corrected chi connectivity index (χ3v) is 5.03. The molecule has 1 heterocycles. The first kappa shape index (κ1) is 19.4. The summed E-state index contributed by atoms with van der Waals surface area (Å²) in [6.07, 6.45) is 2.13. The van der Waals surface area contributed by atoms with Crippen LogP contribution < -0.4 is 10.1 Å². The number of hydrogen-bond acceptors (Lipinski definition) is 3. The molecule has 0 bridgehead atoms. The molecule has 27 heavy (non-hydrogen) atoms. The lowest BCUT2D eigenvalue weighted by Gasteiger charge is -2.25. The van der Waals surface area contributed by atoms with Crippen LogP contribution in [0.25, 0.3) is 0 Å². The Hall–Kier alpha value is -2.40. The summed E-state index contributed by atoms with van der Waals surface area (Å²) in [6, 6.07) is 14.5. The molecule has 3 rings (SSSR count). The fourth-order valence-corrected chi connectivity index (χ4v) is 3.65. The molecule has 1 saturated heterocycles. The number of ether oxygens (including phenoxy) is 1. The van der Waals surface area contributed by atoms with E-state index in [1.807, 2.05) is 26.0 Å². The van der Waals surface area contributed by atoms with E-state index in [1.54, 1.807) is 12.1 Å². The third kappa shape index (κ3) is 5.07. The molecule has 1 amide bonds. The molecule has 4 nitrogen and oxygen atoms in total. The van der Waals surface area contributed by atoms with Crippen LogP contribution in [0.2, 0.25) is 0 Å². The van der Waals surface area contributed by atoms with Gasteiger partial charge in [0.25, 0.3) is 0 Å². The Kier molecular flexibility index (Phi) is 6.45. The van der Waals surface area contributed by atoms with Gasteiger partial charge in [-0.2, -0.15) is 0 Å². The van der Waals surface area contributed by atoms with Gasteiger partial charge in [0.05, 0.1) is 19.2 Å². The van der Waals surface area contributed by atoms with Crippen molar-refractivity contribution in [2.45, 2.75) is 38.8 Å². The molecular formula is C22H27FN2O2. The van der Waals surface area contributed by atoms with E-state index >= 15 is 0 Å². The first-order chi connectivity index (χ1) is 13.1. The molecule has 0 unspecified atom stereocenters. The van der Waals surface area contributed by atoms with Crippen molar-refractivity contribution in [3.8, 4) is 5.75 Å². The lowest BCUT2D eigenvalue weighted by Crippen LogP contribution is -2.38. The van der Waals surface area contributed by atoms with Gasteiger partial charge < -0.3 is 10.1 Å². The van der Waals surface area contributed by atoms with Crippen molar-refractivity contribution in [3.63, 3.8) is 0 Å². The normalized spacial score (nSPS) is 18.3. The van der Waals surface area contributed by atoms with Crippen LogP contribution in [0.4, 0.5) is 4.39 Å². The number of carbonyl (C=O) groups is 1. The SMILES string of the molecule is CCOc1ccc([C@@H]2CCCN2CC(=O)N[C@H](C)c2ccc(F)cc2)cc1. The highest BCUT2D eigenvalue weighted by Gasteiger charge is 2.27. The van der Waals surface area contributed by atoms with E-state index in [2.05, 4.69) is 22.3 Å². The second kappa shape index (κ2) is 9.00. The van der Waals surface area contributed by atoms with Crippen molar-refractivity contribution in [1.29, 1.82) is 0 Å². The summed E-state index contributed by atoms with van der Waals surface area (Å²) in [5, 5.41) is 3.02. The van der Waals surface area contributed by atoms with Crippen molar-refractivity contribution in [2.24, 2.45) is 0 Å². The minimum Gasteiger partial charge on any atom is -0.494 e. The Balaban J connectivity index is 1.58. The van der Waals surface area contributed by atoms with Crippen molar-refractivity contribution >= 4 is 5.91 Å². The van der Waals surface area contributed by atoms with E-state index in [9.17, 15) is 9.18 Å². The average Bonchev–Trinajstić information content (AvgIpc) is 3.11. The maximum Gasteiger partial charge on any atom is 0.234 e. The molecule has 0 saturated carbocycles. The van der Waals surface area contributed by atoms with Gasteiger partial charge in [-0.3, -0.25) is 9.69 Å². The van der Waals surface area contributed by atoms with Crippen LogP contribution >= 0.6 is 0 Å². The van der Waals surface area contributed by atoms with E-state index < -0.39 is 0 Å². The monoisotopic (exact) mass is 370 g/mol. The van der Waals surface area contributed by atoms with E-state index in [1.165, 1.54) is 17.7 Å². The van der Waals surface area contributed by atoms with E-state index in [0.717, 1.165) is 30.7 Å². The Labute approximate surface area is 160 Å². The summed E-state index contributed by atoms with van der Waals surface area (Å²) in [5.41, 5.74) is 2.12. The zero-order valence-corrected chi connectivity index (χ0v) is 16.0. The molecule has 144 valence electrons. The maximum absolute atomic E-state index is 13.1. The zero-order valence-electron chi connectivity index (χ0n) is 16.0. The molecule has 1 aliphatic heterocycles. The first-order valence-corrected chi connectivity index (χ1v) is 9.58. The predicted molar refractivity (Wildman–Crippen MR) is 104 cm³/mol. The van der Waals surface area contributed by atoms with Gasteiger partial charge in [-0.1, -0.05) is 24.3 Å². The number of hydrogen-bond donors (Lipinski definition) is 1. The van der Waals surface area contributed by atoms with E-state index in [-0.39, 0.29) is 23.8 Å². The van der Waals surface area contributed by atoms with Crippen molar-refractivity contribution in [1.82, 2.24) is 10.2 Å². The summed E-state index contributed by atoms with van der Waals surface area (Å²) in [5.74, 6) is 0.592. The Bertz CT molecular complexity index is 746. The fraction of sp³-hybridized carbons (Fsp3) is 0.409. The molecular weight excluding hydrogens is 343 g/mol. The summed E-state index contributed by atoms with van der Waals surface area (Å²) < 4.78 is 18.6. The Morgan fingerprint density at radius 3 is 2.59 bits per heavy atom. The zero-order chi connectivity index (χ0) is 19.2. The summed E-state index contributed by atoms with van der Waals surface area (Å²) in [7, 11) is 0. The van der Waals surface area contributed by atoms with Crippen molar-refractivity contribution in [2.75, 3.05) is 19.7 Å². The van der Waals surface area contributed by atoms with Crippen LogP contribution in [0, 0.1) is 5.82 Å². The van der Waals surface area contributed by atoms with E-state index in [4.69, 9.17) is 4.74 Å². The molecule has 0 spiro atoms. The molecule has 5 heteroatoms. The number of rotatable bonds is 7. The molecule has 0 aromatic heterocycles. The average molecular weight is 370 g/mol. The molecule has 0 radical (unpaired) electrons. The molecule has 1 aliphatic rings. The minimum atomic E-state index is -0.271. The standard InChI is InChI=1S/C22H27FN2O2/c1-3-27-20-12-8-18(9-13-20)21-5-4-14-25(21)15-22(26)24-16(2)17-6-10-19(23)11-7-17/h6-13,16,21H,3-5,14-15H2,1-2H3,(H,24,26)/t16-,21+/m1/s1. The van der Waals surface area contributed by atoms with Gasteiger partial charge in [-0.15, -0.1) is 0 Å². The van der Waals surface area contributed by atoms with E-state index in [0.29, 0.717) is 13.2 Å². The molecule has 2 aromatic carbocycles. The smallest absolute Gasteiger partial charge is 0.234 e. The summed E-state index contributed by atoms with van der Waals surface area (Å²) in [4.78, 5) is 14.7. The molecule has 2 aromatic rings. The lowest BCUT2D eigenvalue weighted by atomic mass is 10.0. The number of nitrogens with zero attached hydrogens (tertiary/aromatic N) is 1. The molecule has 0 aliphatic carbocycles. The van der Waals surface area contributed by atoms with Crippen LogP contribution in [-0.2, 0) is 4.79 Å². The second-order valence-electron chi connectivity index (χ2n) is 6.97. The number of carbonyl (C=O) groups excluding carboxylic acids is 1. The van der Waals surface area contributed by atoms with Gasteiger partial charge in [-0.05, 0) is 68.6 Å². The lowest BCUT2D eigenvalue weighted by molar-refractivity contribution is -0.123. The number of benzene rings is 2. The largest absolute Gasteiger partial charge is 0.494 e. The third-order valence-electron chi connectivity index (χ3n) is 5.03. The van der Waals surface area contributed by atoms with Crippen LogP contribution in [-0.4, -0.2) is 30.5 Å². The maximum atomic E-state index is 13.1. The van der Waals surface area contributed by atoms with Crippen LogP contribution in [0.1, 0.15) is 49.9 Å². The first-order valence-electron chi connectivity index (χ1n) is 9.58. The number of amides is 1. The van der Waals surface area contributed by atoms with Crippen molar-refractivity contribution in [3.05, 3.63) is 65.5 Å². The van der Waals surface area contributed by atoms with Crippen LogP contribution in [0.5, 0.6) is 5.75 Å². The Morgan fingerprint density at radius 1 is 1.22 bits per heavy atom. The van der Waals surface area contributed by atoms with Crippen LogP contribution in [0.3, 0.4) is 0 Å². The molecule has 2 atom stereocenters. The van der Waals surface area contributed by atoms with Gasteiger partial charge in [0.1, 0.15) is 11.6 Å². The molecule has 1 N–H and O–H groups in total. The number of halogens is 1. The minimum absolute atomic E-state index is 0.00957. The molecule has 1 fully saturated rings. The van der Waals surface area contributed by atoms with Gasteiger partial charge in [0.2, 0.25) is 5.91 Å². The number of nitrogens with one attached hydrogen (secondary N) is 1. The highest BCUT2D eigenvalue weighted by molar-refractivity contribution is 5.78. The predicted octanol–water partition coefficient (Wildman–Crippen LogP) is 4.24. The quantitative estimate of drug-likeness (QED) is 0.793. The highest BCUT2D eigenvalue weighted by Crippen LogP contribution is 2.32. The second-order valence-corrected chi connectivity index (χ2v) is 6.97. The van der Waals surface area contributed by atoms with Gasteiger partial charge in [0, 0.05) is 6.04 Å². The fourth-order valence-electron chi connectivity index (χ4n) is 3.65.